The first kappa shape index (κ1) is 13.4. The van der Waals surface area contributed by atoms with Crippen LogP contribution in [-0.2, 0) is 6.42 Å². The zero-order valence-corrected chi connectivity index (χ0v) is 12.0. The first-order valence-electron chi connectivity index (χ1n) is 5.76. The second-order valence-electron chi connectivity index (χ2n) is 4.21. The Bertz CT molecular complexity index is 339. The highest BCUT2D eigenvalue weighted by Crippen LogP contribution is 2.13. The molecule has 0 aliphatic carbocycles. The van der Waals surface area contributed by atoms with Crippen molar-refractivity contribution in [1.29, 1.82) is 0 Å². The normalized spacial score (nSPS) is 14.6. The summed E-state index contributed by atoms with van der Waals surface area (Å²) in [5, 5.41) is 3.41. The number of hydrogen-bond acceptors (Lipinski definition) is 3. The van der Waals surface area contributed by atoms with Crippen molar-refractivity contribution in [3.63, 3.8) is 0 Å². The van der Waals surface area contributed by atoms with E-state index in [1.54, 1.807) is 0 Å². The van der Waals surface area contributed by atoms with E-state index in [1.165, 1.54) is 0 Å². The summed E-state index contributed by atoms with van der Waals surface area (Å²) in [6.45, 7) is 8.36. The van der Waals surface area contributed by atoms with Gasteiger partial charge in [-0.25, -0.2) is 9.97 Å². The molecule has 0 bridgehead atoms. The number of aryl methyl sites for hydroxylation is 2. The summed E-state index contributed by atoms with van der Waals surface area (Å²) in [5.74, 6) is 1.77. The molecule has 0 amide bonds. The molecule has 1 heterocycles. The summed E-state index contributed by atoms with van der Waals surface area (Å²) < 4.78 is 0. The van der Waals surface area contributed by atoms with E-state index in [2.05, 4.69) is 52.0 Å². The van der Waals surface area contributed by atoms with Crippen LogP contribution in [0.25, 0.3) is 0 Å². The predicted molar refractivity (Wildman–Crippen MR) is 72.2 cm³/mol. The molecule has 90 valence electrons. The SMILES string of the molecule is CCc1cc(NC(C)CC(C)Br)nc(C)n1. The molecule has 0 radical (unpaired) electrons. The lowest BCUT2D eigenvalue weighted by Crippen LogP contribution is -2.19. The van der Waals surface area contributed by atoms with E-state index in [-0.39, 0.29) is 0 Å². The van der Waals surface area contributed by atoms with Crippen molar-refractivity contribution in [3.8, 4) is 0 Å². The molecule has 0 spiro atoms. The van der Waals surface area contributed by atoms with Crippen LogP contribution < -0.4 is 5.32 Å². The van der Waals surface area contributed by atoms with Crippen LogP contribution in [0.5, 0.6) is 0 Å². The van der Waals surface area contributed by atoms with Crippen LogP contribution in [0.4, 0.5) is 5.82 Å². The third kappa shape index (κ3) is 4.47. The van der Waals surface area contributed by atoms with Gasteiger partial charge in [0.15, 0.2) is 0 Å². The smallest absolute Gasteiger partial charge is 0.130 e. The molecule has 0 aliphatic rings. The number of nitrogens with one attached hydrogen (secondary N) is 1. The van der Waals surface area contributed by atoms with Crippen molar-refractivity contribution < 1.29 is 0 Å². The van der Waals surface area contributed by atoms with Gasteiger partial charge in [0.2, 0.25) is 0 Å². The lowest BCUT2D eigenvalue weighted by molar-refractivity contribution is 0.703. The fraction of sp³-hybridized carbons (Fsp3) is 0.667. The fourth-order valence-corrected chi connectivity index (χ4v) is 2.24. The summed E-state index contributed by atoms with van der Waals surface area (Å²) in [4.78, 5) is 9.27. The highest BCUT2D eigenvalue weighted by atomic mass is 79.9. The molecule has 1 aromatic heterocycles. The minimum absolute atomic E-state index is 0.411. The molecule has 1 aromatic rings. The van der Waals surface area contributed by atoms with Gasteiger partial charge in [0.1, 0.15) is 11.6 Å². The molecule has 0 saturated carbocycles. The Labute approximate surface area is 106 Å². The maximum atomic E-state index is 4.39. The zero-order chi connectivity index (χ0) is 12.1. The lowest BCUT2D eigenvalue weighted by atomic mass is 10.2. The monoisotopic (exact) mass is 285 g/mol. The summed E-state index contributed by atoms with van der Waals surface area (Å²) in [5.41, 5.74) is 1.09. The third-order valence-electron chi connectivity index (χ3n) is 2.33. The molecule has 2 atom stereocenters. The van der Waals surface area contributed by atoms with Crippen LogP contribution in [0.1, 0.15) is 38.7 Å². The molecule has 0 aromatic carbocycles. The van der Waals surface area contributed by atoms with E-state index in [0.717, 1.165) is 30.2 Å². The number of halogens is 1. The quantitative estimate of drug-likeness (QED) is 0.844. The van der Waals surface area contributed by atoms with Gasteiger partial charge in [-0.15, -0.1) is 0 Å². The molecule has 3 nitrogen and oxygen atoms in total. The van der Waals surface area contributed by atoms with E-state index in [4.69, 9.17) is 0 Å². The molecule has 16 heavy (non-hydrogen) atoms. The molecule has 1 rings (SSSR count). The van der Waals surface area contributed by atoms with Crippen molar-refractivity contribution in [1.82, 2.24) is 9.97 Å². The van der Waals surface area contributed by atoms with E-state index in [0.29, 0.717) is 10.9 Å². The van der Waals surface area contributed by atoms with Gasteiger partial charge in [0.05, 0.1) is 0 Å². The fourth-order valence-electron chi connectivity index (χ4n) is 1.68. The Morgan fingerprint density at radius 3 is 2.62 bits per heavy atom. The molecule has 2 unspecified atom stereocenters. The third-order valence-corrected chi connectivity index (χ3v) is 2.70. The molecule has 0 saturated heterocycles. The predicted octanol–water partition coefficient (Wildman–Crippen LogP) is 3.32. The molecular formula is C12H20BrN3. The second-order valence-corrected chi connectivity index (χ2v) is 5.77. The van der Waals surface area contributed by atoms with Gasteiger partial charge in [-0.05, 0) is 26.7 Å². The number of hydrogen-bond donors (Lipinski definition) is 1. The first-order chi connectivity index (χ1) is 7.51. The number of aromatic nitrogens is 2. The largest absolute Gasteiger partial charge is 0.367 e. The number of nitrogens with zero attached hydrogens (tertiary/aromatic N) is 2. The Kier molecular flexibility index (Phi) is 5.19. The number of anilines is 1. The van der Waals surface area contributed by atoms with Crippen LogP contribution in [0.3, 0.4) is 0 Å². The Morgan fingerprint density at radius 1 is 1.38 bits per heavy atom. The number of alkyl halides is 1. The highest BCUT2D eigenvalue weighted by Gasteiger charge is 2.07. The topological polar surface area (TPSA) is 37.8 Å². The van der Waals surface area contributed by atoms with Crippen LogP contribution in [0.15, 0.2) is 6.07 Å². The lowest BCUT2D eigenvalue weighted by Gasteiger charge is -2.16. The van der Waals surface area contributed by atoms with E-state index in [1.807, 2.05) is 13.0 Å². The molecule has 4 heteroatoms. The summed E-state index contributed by atoms with van der Waals surface area (Å²) >= 11 is 3.56. The molecule has 0 aliphatic heterocycles. The van der Waals surface area contributed by atoms with Gasteiger partial charge in [-0.1, -0.05) is 29.8 Å². The van der Waals surface area contributed by atoms with Crippen LogP contribution in [0.2, 0.25) is 0 Å². The van der Waals surface area contributed by atoms with E-state index < -0.39 is 0 Å². The summed E-state index contributed by atoms with van der Waals surface area (Å²) in [6, 6.07) is 2.44. The minimum Gasteiger partial charge on any atom is -0.367 e. The summed E-state index contributed by atoms with van der Waals surface area (Å²) in [7, 11) is 0. The van der Waals surface area contributed by atoms with Crippen molar-refractivity contribution in [2.75, 3.05) is 5.32 Å². The van der Waals surface area contributed by atoms with Gasteiger partial charge in [0, 0.05) is 22.6 Å². The summed E-state index contributed by atoms with van der Waals surface area (Å²) in [6.07, 6.45) is 2.02. The first-order valence-corrected chi connectivity index (χ1v) is 6.68. The van der Waals surface area contributed by atoms with Crippen molar-refractivity contribution in [2.45, 2.75) is 51.4 Å². The second kappa shape index (κ2) is 6.18. The standard InChI is InChI=1S/C12H20BrN3/c1-5-11-7-12(16-10(4)15-11)14-9(3)6-8(2)13/h7-9H,5-6H2,1-4H3,(H,14,15,16). The Hall–Kier alpha value is -0.640. The average Bonchev–Trinajstić information content (AvgIpc) is 2.14. The van der Waals surface area contributed by atoms with E-state index in [9.17, 15) is 0 Å². The minimum atomic E-state index is 0.411. The Balaban J connectivity index is 2.69. The average molecular weight is 286 g/mol. The van der Waals surface area contributed by atoms with Gasteiger partial charge in [0.25, 0.3) is 0 Å². The van der Waals surface area contributed by atoms with E-state index >= 15 is 0 Å². The maximum Gasteiger partial charge on any atom is 0.130 e. The van der Waals surface area contributed by atoms with Crippen LogP contribution >= 0.6 is 15.9 Å². The molecular weight excluding hydrogens is 266 g/mol. The highest BCUT2D eigenvalue weighted by molar-refractivity contribution is 9.09. The molecule has 0 fully saturated rings. The van der Waals surface area contributed by atoms with Crippen LogP contribution in [0, 0.1) is 6.92 Å². The van der Waals surface area contributed by atoms with Gasteiger partial charge in [-0.2, -0.15) is 0 Å². The number of rotatable bonds is 5. The van der Waals surface area contributed by atoms with Crippen LogP contribution in [-0.4, -0.2) is 20.8 Å². The van der Waals surface area contributed by atoms with Gasteiger partial charge >= 0.3 is 0 Å². The van der Waals surface area contributed by atoms with Gasteiger partial charge < -0.3 is 5.32 Å². The zero-order valence-electron chi connectivity index (χ0n) is 10.4. The Morgan fingerprint density at radius 2 is 2.06 bits per heavy atom. The van der Waals surface area contributed by atoms with Gasteiger partial charge in [-0.3, -0.25) is 0 Å². The molecule has 1 N–H and O–H groups in total. The van der Waals surface area contributed by atoms with Crippen molar-refractivity contribution in [3.05, 3.63) is 17.6 Å². The van der Waals surface area contributed by atoms with Crippen molar-refractivity contribution >= 4 is 21.7 Å². The van der Waals surface area contributed by atoms with Crippen molar-refractivity contribution in [2.24, 2.45) is 0 Å². The maximum absolute atomic E-state index is 4.39.